The van der Waals surface area contributed by atoms with Crippen LogP contribution in [0.3, 0.4) is 0 Å². The second-order valence-electron chi connectivity index (χ2n) is 6.24. The van der Waals surface area contributed by atoms with Crippen LogP contribution in [0.4, 0.5) is 4.39 Å². The van der Waals surface area contributed by atoms with E-state index in [1.54, 1.807) is 19.1 Å². The van der Waals surface area contributed by atoms with Crippen molar-refractivity contribution in [1.29, 1.82) is 0 Å². The first-order valence-electron chi connectivity index (χ1n) is 7.22. The Balaban J connectivity index is 1.77. The highest BCUT2D eigenvalue weighted by atomic mass is 19.1. The van der Waals surface area contributed by atoms with Gasteiger partial charge in [-0.3, -0.25) is 0 Å². The van der Waals surface area contributed by atoms with Crippen molar-refractivity contribution in [3.8, 4) is 0 Å². The molecule has 0 amide bonds. The van der Waals surface area contributed by atoms with Crippen LogP contribution in [0, 0.1) is 18.7 Å². The molecule has 3 heteroatoms. The number of hydrogen-bond acceptors (Lipinski definition) is 2. The summed E-state index contributed by atoms with van der Waals surface area (Å²) >= 11 is 0. The summed E-state index contributed by atoms with van der Waals surface area (Å²) in [6.07, 6.45) is 4.19. The molecule has 19 heavy (non-hydrogen) atoms. The third-order valence-electron chi connectivity index (χ3n) is 5.10. The number of aryl methyl sites for hydroxylation is 1. The summed E-state index contributed by atoms with van der Waals surface area (Å²) in [7, 11) is 2.20. The number of aliphatic hydroxyl groups is 1. The first kappa shape index (κ1) is 13.1. The van der Waals surface area contributed by atoms with E-state index in [-0.39, 0.29) is 5.82 Å². The maximum Gasteiger partial charge on any atom is 0.126 e. The summed E-state index contributed by atoms with van der Waals surface area (Å²) in [6, 6.07) is 6.24. The van der Waals surface area contributed by atoms with Crippen molar-refractivity contribution in [1.82, 2.24) is 4.90 Å². The molecule has 1 aromatic rings. The number of piperidine rings is 1. The SMILES string of the molecule is Cc1cc(C(O)C2CC3CCC(C2)N3C)ccc1F. The minimum Gasteiger partial charge on any atom is -0.388 e. The van der Waals surface area contributed by atoms with Crippen molar-refractivity contribution < 1.29 is 9.50 Å². The van der Waals surface area contributed by atoms with E-state index in [1.165, 1.54) is 18.9 Å². The molecule has 0 radical (unpaired) electrons. The lowest BCUT2D eigenvalue weighted by atomic mass is 9.83. The van der Waals surface area contributed by atoms with Gasteiger partial charge in [0.25, 0.3) is 0 Å². The van der Waals surface area contributed by atoms with Gasteiger partial charge in [0.1, 0.15) is 5.82 Å². The minimum absolute atomic E-state index is 0.195. The summed E-state index contributed by atoms with van der Waals surface area (Å²) < 4.78 is 13.3. The van der Waals surface area contributed by atoms with Gasteiger partial charge in [-0.05, 0) is 62.8 Å². The minimum atomic E-state index is -0.448. The number of halogens is 1. The van der Waals surface area contributed by atoms with E-state index in [0.717, 1.165) is 18.4 Å². The molecule has 0 aliphatic carbocycles. The van der Waals surface area contributed by atoms with E-state index in [1.807, 2.05) is 0 Å². The van der Waals surface area contributed by atoms with Crippen LogP contribution in [0.15, 0.2) is 18.2 Å². The van der Waals surface area contributed by atoms with Crippen LogP contribution in [0.2, 0.25) is 0 Å². The van der Waals surface area contributed by atoms with Crippen LogP contribution in [0.1, 0.15) is 42.9 Å². The predicted octanol–water partition coefficient (Wildman–Crippen LogP) is 3.04. The molecule has 2 aliphatic rings. The van der Waals surface area contributed by atoms with E-state index in [4.69, 9.17) is 0 Å². The molecule has 2 nitrogen and oxygen atoms in total. The molecule has 0 spiro atoms. The highest BCUT2D eigenvalue weighted by Crippen LogP contribution is 2.42. The van der Waals surface area contributed by atoms with E-state index >= 15 is 0 Å². The first-order chi connectivity index (χ1) is 9.06. The van der Waals surface area contributed by atoms with Crippen LogP contribution >= 0.6 is 0 Å². The third-order valence-corrected chi connectivity index (χ3v) is 5.10. The largest absolute Gasteiger partial charge is 0.388 e. The number of hydrogen-bond donors (Lipinski definition) is 1. The lowest BCUT2D eigenvalue weighted by Crippen LogP contribution is -2.41. The molecular weight excluding hydrogens is 241 g/mol. The molecule has 2 aliphatic heterocycles. The highest BCUT2D eigenvalue weighted by Gasteiger charge is 2.40. The van der Waals surface area contributed by atoms with Gasteiger partial charge in [0, 0.05) is 12.1 Å². The van der Waals surface area contributed by atoms with Crippen LogP contribution in [0.5, 0.6) is 0 Å². The average Bonchev–Trinajstić information content (AvgIpc) is 2.64. The standard InChI is InChI=1S/C16H22FNO/c1-10-7-11(3-6-15(10)17)16(19)12-8-13-4-5-14(9-12)18(13)2/h3,6-7,12-14,16,19H,4-5,8-9H2,1-2H3. The van der Waals surface area contributed by atoms with Crippen LogP contribution < -0.4 is 0 Å². The first-order valence-corrected chi connectivity index (χ1v) is 7.22. The number of aliphatic hydroxyl groups excluding tert-OH is 1. The molecular formula is C16H22FNO. The Morgan fingerprint density at radius 2 is 1.89 bits per heavy atom. The average molecular weight is 263 g/mol. The highest BCUT2D eigenvalue weighted by molar-refractivity contribution is 5.26. The summed E-state index contributed by atoms with van der Waals surface area (Å²) in [5, 5.41) is 10.6. The van der Waals surface area contributed by atoms with Gasteiger partial charge in [0.2, 0.25) is 0 Å². The fourth-order valence-electron chi connectivity index (χ4n) is 3.84. The molecule has 104 valence electrons. The Hall–Kier alpha value is -0.930. The summed E-state index contributed by atoms with van der Waals surface area (Å²) in [6.45, 7) is 1.75. The molecule has 1 aromatic carbocycles. The van der Waals surface area contributed by atoms with Crippen molar-refractivity contribution in [2.75, 3.05) is 7.05 Å². The Morgan fingerprint density at radius 3 is 2.47 bits per heavy atom. The number of benzene rings is 1. The molecule has 2 fully saturated rings. The van der Waals surface area contributed by atoms with Gasteiger partial charge < -0.3 is 10.0 Å². The normalized spacial score (nSPS) is 32.5. The Bertz CT molecular complexity index is 462. The third kappa shape index (κ3) is 2.30. The Labute approximate surface area is 114 Å². The fraction of sp³-hybridized carbons (Fsp3) is 0.625. The monoisotopic (exact) mass is 263 g/mol. The number of nitrogens with zero attached hydrogens (tertiary/aromatic N) is 1. The van der Waals surface area contributed by atoms with Gasteiger partial charge in [-0.15, -0.1) is 0 Å². The number of fused-ring (bicyclic) bond motifs is 2. The van der Waals surface area contributed by atoms with Crippen molar-refractivity contribution >= 4 is 0 Å². The van der Waals surface area contributed by atoms with Gasteiger partial charge >= 0.3 is 0 Å². The van der Waals surface area contributed by atoms with E-state index < -0.39 is 6.10 Å². The molecule has 0 aromatic heterocycles. The van der Waals surface area contributed by atoms with Gasteiger partial charge in [-0.2, -0.15) is 0 Å². The van der Waals surface area contributed by atoms with Crippen LogP contribution in [-0.2, 0) is 0 Å². The summed E-state index contributed by atoms with van der Waals surface area (Å²) in [4.78, 5) is 2.47. The quantitative estimate of drug-likeness (QED) is 0.886. The van der Waals surface area contributed by atoms with Crippen molar-refractivity contribution in [2.24, 2.45) is 5.92 Å². The predicted molar refractivity (Wildman–Crippen MR) is 73.4 cm³/mol. The van der Waals surface area contributed by atoms with Crippen molar-refractivity contribution in [3.05, 3.63) is 35.1 Å². The Morgan fingerprint density at radius 1 is 1.26 bits per heavy atom. The zero-order valence-corrected chi connectivity index (χ0v) is 11.6. The lowest BCUT2D eigenvalue weighted by molar-refractivity contribution is 0.0356. The molecule has 2 heterocycles. The van der Waals surface area contributed by atoms with Crippen LogP contribution in [0.25, 0.3) is 0 Å². The van der Waals surface area contributed by atoms with Crippen molar-refractivity contribution in [2.45, 2.75) is 50.8 Å². The topological polar surface area (TPSA) is 23.5 Å². The molecule has 2 saturated heterocycles. The van der Waals surface area contributed by atoms with Gasteiger partial charge in [-0.25, -0.2) is 4.39 Å². The van der Waals surface area contributed by atoms with Crippen LogP contribution in [-0.4, -0.2) is 29.1 Å². The zero-order chi connectivity index (χ0) is 13.6. The molecule has 1 N–H and O–H groups in total. The lowest BCUT2D eigenvalue weighted by Gasteiger charge is -2.38. The molecule has 0 saturated carbocycles. The second-order valence-corrected chi connectivity index (χ2v) is 6.24. The summed E-state index contributed by atoms with van der Waals surface area (Å²) in [5.41, 5.74) is 1.49. The maximum atomic E-state index is 13.3. The fourth-order valence-corrected chi connectivity index (χ4v) is 3.84. The maximum absolute atomic E-state index is 13.3. The van der Waals surface area contributed by atoms with E-state index in [2.05, 4.69) is 11.9 Å². The van der Waals surface area contributed by atoms with Gasteiger partial charge in [0.15, 0.2) is 0 Å². The molecule has 3 rings (SSSR count). The number of rotatable bonds is 2. The van der Waals surface area contributed by atoms with Crippen molar-refractivity contribution in [3.63, 3.8) is 0 Å². The van der Waals surface area contributed by atoms with E-state index in [0.29, 0.717) is 23.6 Å². The molecule has 3 unspecified atom stereocenters. The van der Waals surface area contributed by atoms with Gasteiger partial charge in [0.05, 0.1) is 6.10 Å². The molecule has 3 atom stereocenters. The summed E-state index contributed by atoms with van der Waals surface area (Å²) in [5.74, 6) is 0.123. The smallest absolute Gasteiger partial charge is 0.126 e. The van der Waals surface area contributed by atoms with Gasteiger partial charge in [-0.1, -0.05) is 12.1 Å². The Kier molecular flexibility index (Phi) is 3.35. The molecule has 2 bridgehead atoms. The second kappa shape index (κ2) is 4.88. The zero-order valence-electron chi connectivity index (χ0n) is 11.6. The van der Waals surface area contributed by atoms with E-state index in [9.17, 15) is 9.50 Å².